The van der Waals surface area contributed by atoms with Gasteiger partial charge in [0.05, 0.1) is 18.7 Å². The van der Waals surface area contributed by atoms with E-state index in [0.717, 1.165) is 11.1 Å². The fourth-order valence-corrected chi connectivity index (χ4v) is 4.97. The summed E-state index contributed by atoms with van der Waals surface area (Å²) in [7, 11) is 1.57. The molecule has 6 nitrogen and oxygen atoms in total. The number of amides is 1. The van der Waals surface area contributed by atoms with Crippen LogP contribution in [0, 0.1) is 0 Å². The number of halogens is 1. The molecule has 1 aromatic heterocycles. The van der Waals surface area contributed by atoms with Crippen LogP contribution in [0.4, 0.5) is 0 Å². The van der Waals surface area contributed by atoms with Gasteiger partial charge in [0, 0.05) is 17.0 Å². The van der Waals surface area contributed by atoms with Crippen molar-refractivity contribution in [3.63, 3.8) is 0 Å². The molecule has 3 aromatic carbocycles. The lowest BCUT2D eigenvalue weighted by atomic mass is 9.85. The first-order valence-electron chi connectivity index (χ1n) is 12.3. The molecule has 0 spiro atoms. The van der Waals surface area contributed by atoms with Crippen LogP contribution in [0.25, 0.3) is 11.0 Å². The summed E-state index contributed by atoms with van der Waals surface area (Å²) in [4.78, 5) is 28.7. The molecule has 5 rings (SSSR count). The molecule has 2 heterocycles. The van der Waals surface area contributed by atoms with Gasteiger partial charge in [-0.25, -0.2) is 0 Å². The van der Waals surface area contributed by atoms with Crippen LogP contribution >= 0.6 is 11.6 Å². The molecule has 0 bridgehead atoms. The van der Waals surface area contributed by atoms with Crippen LogP contribution in [-0.2, 0) is 16.8 Å². The van der Waals surface area contributed by atoms with Gasteiger partial charge in [-0.05, 0) is 58.5 Å². The van der Waals surface area contributed by atoms with Gasteiger partial charge in [0.2, 0.25) is 5.78 Å². The highest BCUT2D eigenvalue weighted by Gasteiger charge is 2.44. The highest BCUT2D eigenvalue weighted by atomic mass is 35.5. The summed E-state index contributed by atoms with van der Waals surface area (Å²) in [5.41, 5.74) is 3.01. The molecule has 38 heavy (non-hydrogen) atoms. The quantitative estimate of drug-likeness (QED) is 0.268. The van der Waals surface area contributed by atoms with Gasteiger partial charge in [0.25, 0.3) is 5.91 Å². The number of hydrogen-bond donors (Lipinski definition) is 1. The van der Waals surface area contributed by atoms with Crippen LogP contribution in [0.3, 0.4) is 0 Å². The summed E-state index contributed by atoms with van der Waals surface area (Å²) in [6.45, 7) is 6.51. The topological polar surface area (TPSA) is 80.0 Å². The monoisotopic (exact) mass is 529 g/mol. The Morgan fingerprint density at radius 1 is 1.05 bits per heavy atom. The number of Topliss-reactive ketones (excluding diaryl/α,β-unsaturated/α-hetero) is 1. The summed E-state index contributed by atoms with van der Waals surface area (Å²) in [5, 5.41) is 12.2. The number of hydrogen-bond acceptors (Lipinski definition) is 5. The van der Waals surface area contributed by atoms with Crippen molar-refractivity contribution in [2.45, 2.75) is 38.8 Å². The molecule has 1 unspecified atom stereocenters. The molecule has 1 amide bonds. The number of carbonyl (C=O) groups excluding carboxylic acids is 2. The highest BCUT2D eigenvalue weighted by Crippen LogP contribution is 2.41. The summed E-state index contributed by atoms with van der Waals surface area (Å²) < 4.78 is 11.2. The molecular formula is C31H28ClNO5. The average Bonchev–Trinajstić information content (AvgIpc) is 3.42. The lowest BCUT2D eigenvalue weighted by molar-refractivity contribution is -0.130. The summed E-state index contributed by atoms with van der Waals surface area (Å²) in [6.07, 6.45) is 0. The Morgan fingerprint density at radius 2 is 1.79 bits per heavy atom. The van der Waals surface area contributed by atoms with Crippen LogP contribution in [0.2, 0.25) is 5.02 Å². The zero-order valence-corrected chi connectivity index (χ0v) is 22.4. The molecule has 0 aliphatic carbocycles. The summed E-state index contributed by atoms with van der Waals surface area (Å²) in [6, 6.07) is 21.0. The van der Waals surface area contributed by atoms with Crippen molar-refractivity contribution in [2.24, 2.45) is 0 Å². The van der Waals surface area contributed by atoms with E-state index in [4.69, 9.17) is 20.8 Å². The molecule has 0 saturated heterocycles. The number of rotatable bonds is 6. The molecule has 0 radical (unpaired) electrons. The van der Waals surface area contributed by atoms with Crippen LogP contribution < -0.4 is 4.74 Å². The normalized spacial score (nSPS) is 16.0. The Labute approximate surface area is 226 Å². The number of nitrogens with zero attached hydrogens (tertiary/aromatic N) is 1. The molecule has 0 fully saturated rings. The van der Waals surface area contributed by atoms with Crippen LogP contribution in [0.1, 0.15) is 54.1 Å². The van der Waals surface area contributed by atoms with E-state index in [2.05, 4.69) is 20.8 Å². The van der Waals surface area contributed by atoms with Gasteiger partial charge in [-0.15, -0.1) is 0 Å². The van der Waals surface area contributed by atoms with Crippen molar-refractivity contribution in [3.8, 4) is 5.75 Å². The van der Waals surface area contributed by atoms with Gasteiger partial charge in [-0.3, -0.25) is 9.59 Å². The van der Waals surface area contributed by atoms with Crippen molar-refractivity contribution in [1.29, 1.82) is 0 Å². The van der Waals surface area contributed by atoms with E-state index in [1.807, 2.05) is 48.5 Å². The zero-order valence-electron chi connectivity index (χ0n) is 21.6. The molecule has 1 aliphatic heterocycles. The second-order valence-corrected chi connectivity index (χ2v) is 10.9. The predicted octanol–water partition coefficient (Wildman–Crippen LogP) is 7.17. The van der Waals surface area contributed by atoms with E-state index in [1.54, 1.807) is 31.4 Å². The number of furan rings is 1. The van der Waals surface area contributed by atoms with Gasteiger partial charge in [-0.1, -0.05) is 68.8 Å². The van der Waals surface area contributed by atoms with Gasteiger partial charge < -0.3 is 19.2 Å². The smallest absolute Gasteiger partial charge is 0.290 e. The maximum atomic E-state index is 13.8. The van der Waals surface area contributed by atoms with E-state index in [1.165, 1.54) is 4.90 Å². The van der Waals surface area contributed by atoms with Crippen molar-refractivity contribution < 1.29 is 23.8 Å². The number of carbonyl (C=O) groups is 2. The number of benzene rings is 3. The number of fused-ring (bicyclic) bond motifs is 1. The predicted molar refractivity (Wildman–Crippen MR) is 147 cm³/mol. The molecule has 1 N–H and O–H groups in total. The minimum Gasteiger partial charge on any atom is -0.503 e. The van der Waals surface area contributed by atoms with E-state index in [0.29, 0.717) is 27.3 Å². The third kappa shape index (κ3) is 4.68. The first-order chi connectivity index (χ1) is 18.1. The first-order valence-corrected chi connectivity index (χ1v) is 12.7. The van der Waals surface area contributed by atoms with Gasteiger partial charge >= 0.3 is 0 Å². The molecule has 1 atom stereocenters. The summed E-state index contributed by atoms with van der Waals surface area (Å²) in [5.74, 6) is -1.09. The fourth-order valence-electron chi connectivity index (χ4n) is 4.79. The number of ether oxygens (including phenoxy) is 1. The molecule has 0 saturated carbocycles. The molecule has 4 aromatic rings. The van der Waals surface area contributed by atoms with Crippen molar-refractivity contribution in [1.82, 2.24) is 4.90 Å². The number of aliphatic hydroxyl groups excluding tert-OH is 1. The van der Waals surface area contributed by atoms with Gasteiger partial charge in [0.1, 0.15) is 11.3 Å². The van der Waals surface area contributed by atoms with E-state index in [9.17, 15) is 14.7 Å². The number of aliphatic hydroxyl groups is 1. The lowest BCUT2D eigenvalue weighted by Crippen LogP contribution is -2.30. The molecule has 7 heteroatoms. The Kier molecular flexibility index (Phi) is 6.53. The highest BCUT2D eigenvalue weighted by molar-refractivity contribution is 6.31. The van der Waals surface area contributed by atoms with Gasteiger partial charge in [0.15, 0.2) is 11.5 Å². The third-order valence-corrected chi connectivity index (χ3v) is 7.07. The lowest BCUT2D eigenvalue weighted by Gasteiger charge is -2.28. The molecule has 194 valence electrons. The maximum absolute atomic E-state index is 13.8. The minimum atomic E-state index is -0.813. The average molecular weight is 530 g/mol. The van der Waals surface area contributed by atoms with Crippen molar-refractivity contribution in [2.75, 3.05) is 7.11 Å². The Bertz CT molecular complexity index is 1580. The summed E-state index contributed by atoms with van der Waals surface area (Å²) >= 11 is 6.11. The SMILES string of the molecule is COc1cccc(CN2C(=O)C(O)=C(C(=O)c3cc4cc(Cl)ccc4o3)C2c2ccc(C(C)(C)C)cc2)c1. The Hall–Kier alpha value is -4.03. The second kappa shape index (κ2) is 9.69. The van der Waals surface area contributed by atoms with Crippen LogP contribution in [0.15, 0.2) is 88.5 Å². The zero-order chi connectivity index (χ0) is 27.2. The molecule has 1 aliphatic rings. The van der Waals surface area contributed by atoms with E-state index >= 15 is 0 Å². The maximum Gasteiger partial charge on any atom is 0.290 e. The number of ketones is 1. The van der Waals surface area contributed by atoms with Crippen molar-refractivity contribution >= 4 is 34.3 Å². The first kappa shape index (κ1) is 25.6. The minimum absolute atomic E-state index is 0.0217. The number of methoxy groups -OCH3 is 1. The van der Waals surface area contributed by atoms with E-state index < -0.39 is 23.5 Å². The second-order valence-electron chi connectivity index (χ2n) is 10.4. The van der Waals surface area contributed by atoms with E-state index in [-0.39, 0.29) is 23.3 Å². The third-order valence-electron chi connectivity index (χ3n) is 6.83. The Morgan fingerprint density at radius 3 is 2.47 bits per heavy atom. The van der Waals surface area contributed by atoms with Crippen LogP contribution in [0.5, 0.6) is 5.75 Å². The van der Waals surface area contributed by atoms with Crippen LogP contribution in [-0.4, -0.2) is 28.8 Å². The van der Waals surface area contributed by atoms with Crippen molar-refractivity contribution in [3.05, 3.63) is 112 Å². The largest absolute Gasteiger partial charge is 0.503 e. The van der Waals surface area contributed by atoms with Gasteiger partial charge in [-0.2, -0.15) is 0 Å². The Balaban J connectivity index is 1.59. The standard InChI is InChI=1S/C31H28ClNO5/c1-31(2,3)21-10-8-19(9-11-21)27-26(28(34)25-16-20-15-22(32)12-13-24(20)38-25)29(35)30(36)33(27)17-18-6-5-7-23(14-18)37-4/h5-16,27,35H,17H2,1-4H3. The molecular weight excluding hydrogens is 502 g/mol. The fraction of sp³-hybridized carbons (Fsp3) is 0.226.